The predicted molar refractivity (Wildman–Crippen MR) is 73.8 cm³/mol. The largest absolute Gasteiger partial charge is 0.344 e. The average molecular weight is 237 g/mol. The second-order valence-corrected chi connectivity index (χ2v) is 5.08. The summed E-state index contributed by atoms with van der Waals surface area (Å²) in [6, 6.07) is 8.92. The molecule has 0 unspecified atom stereocenters. The molecule has 1 N–H and O–H groups in total. The Morgan fingerprint density at radius 1 is 1.17 bits per heavy atom. The van der Waals surface area contributed by atoms with E-state index in [2.05, 4.69) is 46.2 Å². The number of nitrogens with zero attached hydrogens (tertiary/aromatic N) is 2. The predicted octanol–water partition coefficient (Wildman–Crippen LogP) is 2.41. The van der Waals surface area contributed by atoms with Crippen LogP contribution in [-0.2, 0) is 7.05 Å². The van der Waals surface area contributed by atoms with Gasteiger partial charge < -0.3 is 9.88 Å². The zero-order valence-corrected chi connectivity index (χ0v) is 10.4. The van der Waals surface area contributed by atoms with E-state index in [1.54, 1.807) is 0 Å². The molecule has 90 valence electrons. The highest BCUT2D eigenvalue weighted by atomic mass is 15.0. The number of aromatic nitrogens is 2. The lowest BCUT2D eigenvalue weighted by atomic mass is 9.93. The average Bonchev–Trinajstić information content (AvgIpc) is 2.62. The van der Waals surface area contributed by atoms with Crippen molar-refractivity contribution in [3.05, 3.63) is 42.2 Å². The number of pyridine rings is 1. The van der Waals surface area contributed by atoms with Crippen LogP contribution in [0.15, 0.2) is 36.7 Å². The number of rotatable bonds is 1. The highest BCUT2D eigenvalue weighted by molar-refractivity contribution is 6.07. The maximum atomic E-state index is 4.24. The van der Waals surface area contributed by atoms with E-state index < -0.39 is 0 Å². The summed E-state index contributed by atoms with van der Waals surface area (Å²) in [6.45, 7) is 2.22. The van der Waals surface area contributed by atoms with Crippen LogP contribution in [0.4, 0.5) is 0 Å². The number of hydrogen-bond acceptors (Lipinski definition) is 2. The molecule has 1 fully saturated rings. The van der Waals surface area contributed by atoms with Crippen molar-refractivity contribution in [1.29, 1.82) is 0 Å². The molecular formula is C15H15N3. The van der Waals surface area contributed by atoms with Gasteiger partial charge in [0, 0.05) is 54.7 Å². The van der Waals surface area contributed by atoms with E-state index in [1.807, 2.05) is 12.4 Å². The Labute approximate surface area is 105 Å². The summed E-state index contributed by atoms with van der Waals surface area (Å²) < 4.78 is 2.27. The molecule has 0 saturated carbocycles. The van der Waals surface area contributed by atoms with Crippen molar-refractivity contribution in [2.24, 2.45) is 7.05 Å². The van der Waals surface area contributed by atoms with E-state index in [0.29, 0.717) is 5.92 Å². The lowest BCUT2D eigenvalue weighted by Gasteiger charge is -2.27. The minimum atomic E-state index is 0.686. The Morgan fingerprint density at radius 3 is 2.83 bits per heavy atom. The molecule has 1 aliphatic rings. The van der Waals surface area contributed by atoms with Gasteiger partial charge in [0.1, 0.15) is 0 Å². The van der Waals surface area contributed by atoms with Gasteiger partial charge >= 0.3 is 0 Å². The van der Waals surface area contributed by atoms with Gasteiger partial charge in [0.05, 0.1) is 5.52 Å². The van der Waals surface area contributed by atoms with Gasteiger partial charge in [-0.15, -0.1) is 0 Å². The molecule has 2 aromatic heterocycles. The fourth-order valence-corrected chi connectivity index (χ4v) is 2.85. The number of aryl methyl sites for hydroxylation is 1. The van der Waals surface area contributed by atoms with Crippen LogP contribution in [0.2, 0.25) is 0 Å². The lowest BCUT2D eigenvalue weighted by Crippen LogP contribution is -2.39. The quantitative estimate of drug-likeness (QED) is 0.704. The molecule has 1 aliphatic heterocycles. The van der Waals surface area contributed by atoms with Crippen molar-refractivity contribution in [3.8, 4) is 0 Å². The van der Waals surface area contributed by atoms with E-state index >= 15 is 0 Å². The third-order valence-corrected chi connectivity index (χ3v) is 4.09. The van der Waals surface area contributed by atoms with Gasteiger partial charge in [-0.1, -0.05) is 12.1 Å². The Hall–Kier alpha value is -1.87. The molecule has 0 amide bonds. The molecule has 3 nitrogen and oxygen atoms in total. The molecule has 18 heavy (non-hydrogen) atoms. The van der Waals surface area contributed by atoms with Gasteiger partial charge in [-0.05, 0) is 17.7 Å². The molecular weight excluding hydrogens is 222 g/mol. The summed E-state index contributed by atoms with van der Waals surface area (Å²) in [5, 5.41) is 5.88. The van der Waals surface area contributed by atoms with Gasteiger partial charge in [0.25, 0.3) is 0 Å². The van der Waals surface area contributed by atoms with Gasteiger partial charge in [-0.3, -0.25) is 4.98 Å². The fraction of sp³-hybridized carbons (Fsp3) is 0.267. The summed E-state index contributed by atoms with van der Waals surface area (Å²) in [6.07, 6.45) is 3.82. The van der Waals surface area contributed by atoms with E-state index in [-0.39, 0.29) is 0 Å². The van der Waals surface area contributed by atoms with E-state index in [9.17, 15) is 0 Å². The third-order valence-electron chi connectivity index (χ3n) is 4.09. The van der Waals surface area contributed by atoms with Crippen LogP contribution in [0, 0.1) is 0 Å². The normalized spacial score (nSPS) is 16.3. The van der Waals surface area contributed by atoms with Crippen molar-refractivity contribution < 1.29 is 0 Å². The number of nitrogens with one attached hydrogen (secondary N) is 1. The molecule has 0 spiro atoms. The first-order chi connectivity index (χ1) is 8.84. The van der Waals surface area contributed by atoms with Gasteiger partial charge in [-0.25, -0.2) is 0 Å². The number of fused-ring (bicyclic) bond motifs is 3. The molecule has 0 radical (unpaired) electrons. The molecule has 0 aliphatic carbocycles. The SMILES string of the molecule is Cn1c2ccncc2c2ccc(C3CNC3)cc21. The topological polar surface area (TPSA) is 29.9 Å². The van der Waals surface area contributed by atoms with E-state index in [4.69, 9.17) is 0 Å². The van der Waals surface area contributed by atoms with Crippen LogP contribution < -0.4 is 5.32 Å². The van der Waals surface area contributed by atoms with Crippen molar-refractivity contribution in [2.45, 2.75) is 5.92 Å². The van der Waals surface area contributed by atoms with Crippen LogP contribution in [0.25, 0.3) is 21.8 Å². The Kier molecular flexibility index (Phi) is 2.00. The monoisotopic (exact) mass is 237 g/mol. The number of benzene rings is 1. The molecule has 4 rings (SSSR count). The summed E-state index contributed by atoms with van der Waals surface area (Å²) >= 11 is 0. The smallest absolute Gasteiger partial charge is 0.0519 e. The van der Waals surface area contributed by atoms with Crippen LogP contribution in [0.1, 0.15) is 11.5 Å². The van der Waals surface area contributed by atoms with Crippen LogP contribution in [-0.4, -0.2) is 22.6 Å². The minimum Gasteiger partial charge on any atom is -0.344 e. The van der Waals surface area contributed by atoms with E-state index in [1.165, 1.54) is 27.4 Å². The lowest BCUT2D eigenvalue weighted by molar-refractivity contribution is 0.448. The van der Waals surface area contributed by atoms with Crippen LogP contribution >= 0.6 is 0 Å². The summed E-state index contributed by atoms with van der Waals surface area (Å²) in [4.78, 5) is 4.24. The third kappa shape index (κ3) is 1.25. The molecule has 3 heteroatoms. The molecule has 0 bridgehead atoms. The summed E-state index contributed by atoms with van der Waals surface area (Å²) in [7, 11) is 2.13. The zero-order valence-electron chi connectivity index (χ0n) is 10.4. The fourth-order valence-electron chi connectivity index (χ4n) is 2.85. The Morgan fingerprint density at radius 2 is 2.06 bits per heavy atom. The van der Waals surface area contributed by atoms with Gasteiger partial charge in [0.15, 0.2) is 0 Å². The molecule has 3 heterocycles. The van der Waals surface area contributed by atoms with Crippen molar-refractivity contribution in [3.63, 3.8) is 0 Å². The minimum absolute atomic E-state index is 0.686. The Bertz CT molecular complexity index is 738. The second kappa shape index (κ2) is 3.56. The maximum absolute atomic E-state index is 4.24. The zero-order chi connectivity index (χ0) is 12.1. The van der Waals surface area contributed by atoms with Crippen LogP contribution in [0.3, 0.4) is 0 Å². The Balaban J connectivity index is 2.03. The van der Waals surface area contributed by atoms with Crippen molar-refractivity contribution in [2.75, 3.05) is 13.1 Å². The highest BCUT2D eigenvalue weighted by Gasteiger charge is 2.19. The highest BCUT2D eigenvalue weighted by Crippen LogP contribution is 2.30. The second-order valence-electron chi connectivity index (χ2n) is 5.08. The summed E-state index contributed by atoms with van der Waals surface area (Å²) in [5.74, 6) is 0.686. The van der Waals surface area contributed by atoms with Crippen molar-refractivity contribution >= 4 is 21.8 Å². The molecule has 0 atom stereocenters. The maximum Gasteiger partial charge on any atom is 0.0519 e. The first-order valence-corrected chi connectivity index (χ1v) is 6.37. The molecule has 1 aromatic carbocycles. The molecule has 1 saturated heterocycles. The molecule has 3 aromatic rings. The van der Waals surface area contributed by atoms with Crippen LogP contribution in [0.5, 0.6) is 0 Å². The standard InChI is InChI=1S/C15H15N3/c1-18-14-4-5-16-9-13(14)12-3-2-10(6-15(12)18)11-7-17-8-11/h2-6,9,11,17H,7-8H2,1H3. The van der Waals surface area contributed by atoms with E-state index in [0.717, 1.165) is 13.1 Å². The number of hydrogen-bond donors (Lipinski definition) is 1. The summed E-state index contributed by atoms with van der Waals surface area (Å²) in [5.41, 5.74) is 4.01. The van der Waals surface area contributed by atoms with Gasteiger partial charge in [0.2, 0.25) is 0 Å². The first kappa shape index (κ1) is 10.1. The first-order valence-electron chi connectivity index (χ1n) is 6.37. The van der Waals surface area contributed by atoms with Gasteiger partial charge in [-0.2, -0.15) is 0 Å². The van der Waals surface area contributed by atoms with Crippen molar-refractivity contribution in [1.82, 2.24) is 14.9 Å².